The lowest BCUT2D eigenvalue weighted by molar-refractivity contribution is 0.619. The molecule has 0 N–H and O–H groups in total. The molecule has 1 fully saturated rings. The van der Waals surface area contributed by atoms with Gasteiger partial charge in [-0.05, 0) is 101 Å². The zero-order chi connectivity index (χ0) is 30.7. The number of rotatable bonds is 10. The summed E-state index contributed by atoms with van der Waals surface area (Å²) >= 11 is 0. The highest BCUT2D eigenvalue weighted by Gasteiger charge is 2.40. The molecule has 5 rings (SSSR count). The molecule has 2 unspecified atom stereocenters. The van der Waals surface area contributed by atoms with Crippen LogP contribution in [0.5, 0.6) is 0 Å². The Morgan fingerprint density at radius 2 is 1.60 bits per heavy atom. The summed E-state index contributed by atoms with van der Waals surface area (Å²) in [6, 6.07) is 27.3. The molecule has 0 heterocycles. The van der Waals surface area contributed by atoms with Crippen molar-refractivity contribution in [2.75, 3.05) is 0 Å². The molecule has 3 aromatic carbocycles. The van der Waals surface area contributed by atoms with E-state index < -0.39 is 0 Å². The summed E-state index contributed by atoms with van der Waals surface area (Å²) in [6.45, 7) is 24.5. The maximum atomic E-state index is 4.75. The van der Waals surface area contributed by atoms with Crippen molar-refractivity contribution in [3.05, 3.63) is 165 Å². The highest BCUT2D eigenvalue weighted by Crippen LogP contribution is 2.55. The summed E-state index contributed by atoms with van der Waals surface area (Å²) < 4.78 is 0. The molecular formula is C43H48. The van der Waals surface area contributed by atoms with Crippen LogP contribution in [0.1, 0.15) is 99.1 Å². The Hall–Kier alpha value is -3.90. The quantitative estimate of drug-likeness (QED) is 0.230. The van der Waals surface area contributed by atoms with Crippen molar-refractivity contribution in [2.45, 2.75) is 78.6 Å². The molecule has 3 aromatic rings. The highest BCUT2D eigenvalue weighted by molar-refractivity contribution is 5.68. The van der Waals surface area contributed by atoms with Gasteiger partial charge in [0, 0.05) is 11.8 Å². The van der Waals surface area contributed by atoms with Gasteiger partial charge in [-0.1, -0.05) is 149 Å². The maximum absolute atomic E-state index is 4.75. The first-order valence-electron chi connectivity index (χ1n) is 16.1. The van der Waals surface area contributed by atoms with Crippen LogP contribution in [0, 0.1) is 5.92 Å². The predicted octanol–water partition coefficient (Wildman–Crippen LogP) is 12.0. The summed E-state index contributed by atoms with van der Waals surface area (Å²) in [4.78, 5) is 0. The van der Waals surface area contributed by atoms with Crippen LogP contribution in [0.4, 0.5) is 0 Å². The Morgan fingerprint density at radius 3 is 2.26 bits per heavy atom. The second-order valence-corrected chi connectivity index (χ2v) is 13.0. The highest BCUT2D eigenvalue weighted by atomic mass is 14.4. The maximum Gasteiger partial charge on any atom is 0.0201 e. The van der Waals surface area contributed by atoms with Gasteiger partial charge in [-0.2, -0.15) is 0 Å². The van der Waals surface area contributed by atoms with Crippen LogP contribution >= 0.6 is 0 Å². The zero-order valence-corrected chi connectivity index (χ0v) is 27.0. The third-order valence-corrected chi connectivity index (χ3v) is 9.39. The first kappa shape index (κ1) is 30.6. The summed E-state index contributed by atoms with van der Waals surface area (Å²) in [5, 5.41) is 0. The van der Waals surface area contributed by atoms with Gasteiger partial charge in [0.15, 0.2) is 0 Å². The minimum atomic E-state index is 0.265. The van der Waals surface area contributed by atoms with Gasteiger partial charge in [0.1, 0.15) is 0 Å². The van der Waals surface area contributed by atoms with Gasteiger partial charge in [0.2, 0.25) is 0 Å². The Labute approximate surface area is 261 Å². The van der Waals surface area contributed by atoms with Crippen LogP contribution in [0.3, 0.4) is 0 Å². The van der Waals surface area contributed by atoms with Gasteiger partial charge in [0.05, 0.1) is 0 Å². The lowest BCUT2D eigenvalue weighted by atomic mass is 9.69. The third kappa shape index (κ3) is 6.70. The van der Waals surface area contributed by atoms with E-state index in [1.807, 2.05) is 0 Å². The van der Waals surface area contributed by atoms with E-state index in [0.29, 0.717) is 5.92 Å². The monoisotopic (exact) mass is 564 g/mol. The van der Waals surface area contributed by atoms with Crippen molar-refractivity contribution in [1.82, 2.24) is 0 Å². The van der Waals surface area contributed by atoms with Crippen molar-refractivity contribution in [3.8, 4) is 0 Å². The average Bonchev–Trinajstić information content (AvgIpc) is 3.29. The Bertz CT molecular complexity index is 1610. The van der Waals surface area contributed by atoms with E-state index in [1.165, 1.54) is 66.8 Å². The van der Waals surface area contributed by atoms with Crippen LogP contribution in [0.15, 0.2) is 132 Å². The van der Waals surface area contributed by atoms with Crippen molar-refractivity contribution >= 4 is 11.6 Å². The molecule has 2 atom stereocenters. The van der Waals surface area contributed by atoms with E-state index in [1.54, 1.807) is 0 Å². The van der Waals surface area contributed by atoms with Crippen LogP contribution in [0.2, 0.25) is 0 Å². The zero-order valence-electron chi connectivity index (χ0n) is 27.0. The molecule has 220 valence electrons. The van der Waals surface area contributed by atoms with Gasteiger partial charge in [-0.25, -0.2) is 0 Å². The number of fused-ring (bicyclic) bond motifs is 1. The van der Waals surface area contributed by atoms with Crippen LogP contribution in [0.25, 0.3) is 11.6 Å². The third-order valence-electron chi connectivity index (χ3n) is 9.39. The van der Waals surface area contributed by atoms with Gasteiger partial charge in [0.25, 0.3) is 0 Å². The molecular weight excluding hydrogens is 516 g/mol. The molecule has 0 nitrogen and oxygen atoms in total. The van der Waals surface area contributed by atoms with Crippen LogP contribution in [-0.2, 0) is 12.8 Å². The molecule has 2 aliphatic carbocycles. The molecule has 0 amide bonds. The van der Waals surface area contributed by atoms with Crippen molar-refractivity contribution < 1.29 is 0 Å². The molecule has 0 bridgehead atoms. The molecule has 1 saturated carbocycles. The predicted molar refractivity (Wildman–Crippen MR) is 188 cm³/mol. The van der Waals surface area contributed by atoms with E-state index in [4.69, 9.17) is 6.58 Å². The lowest BCUT2D eigenvalue weighted by Gasteiger charge is -2.34. The number of aryl methyl sites for hydroxylation is 2. The standard InChI is InChI=1S/C43H48/c1-9-11-30(6)41-31(7)24-40-27-39(32(8)42(40)43(41)38-22-20-37(21-23-38)29(4)5)26-35-13-10-12-34(25-35)15-14-33-16-18-36(19-17-33)28(2)3/h10,12-13,16-26,29,42-43H,2,6,8-9,11,14-15,27H2,1,3-5,7H3/b39-26+. The second-order valence-electron chi connectivity index (χ2n) is 13.0. The summed E-state index contributed by atoms with van der Waals surface area (Å²) in [5.74, 6) is 1.08. The van der Waals surface area contributed by atoms with Crippen molar-refractivity contribution in [1.29, 1.82) is 0 Å². The molecule has 0 aromatic heterocycles. The molecule has 0 saturated heterocycles. The Kier molecular flexibility index (Phi) is 9.36. The number of hydrogen-bond acceptors (Lipinski definition) is 0. The minimum absolute atomic E-state index is 0.265. The van der Waals surface area contributed by atoms with Crippen LogP contribution < -0.4 is 0 Å². The first-order chi connectivity index (χ1) is 20.7. The molecule has 2 aliphatic rings. The SMILES string of the molecule is C=C(CCC)C1=C(C)C=C2C/C(=C\c3cccc(CCc4ccc(C(=C)C)cc4)c3)C(=C)C2C1c1ccc(C(C)C)cc1. The fourth-order valence-electron chi connectivity index (χ4n) is 7.00. The summed E-state index contributed by atoms with van der Waals surface area (Å²) in [7, 11) is 0. The Balaban J connectivity index is 1.41. The first-order valence-corrected chi connectivity index (χ1v) is 16.1. The van der Waals surface area contributed by atoms with E-state index >= 15 is 0 Å². The fourth-order valence-corrected chi connectivity index (χ4v) is 7.00. The van der Waals surface area contributed by atoms with E-state index in [0.717, 1.165) is 37.7 Å². The van der Waals surface area contributed by atoms with Gasteiger partial charge in [-0.3, -0.25) is 0 Å². The van der Waals surface area contributed by atoms with Gasteiger partial charge < -0.3 is 0 Å². The largest absolute Gasteiger partial charge is 0.0955 e. The topological polar surface area (TPSA) is 0 Å². The summed E-state index contributed by atoms with van der Waals surface area (Å²) in [5.41, 5.74) is 17.3. The van der Waals surface area contributed by atoms with E-state index in [2.05, 4.69) is 133 Å². The van der Waals surface area contributed by atoms with E-state index in [-0.39, 0.29) is 11.8 Å². The molecule has 0 radical (unpaired) electrons. The average molecular weight is 565 g/mol. The molecule has 43 heavy (non-hydrogen) atoms. The number of benzene rings is 3. The van der Waals surface area contributed by atoms with Gasteiger partial charge >= 0.3 is 0 Å². The fraction of sp³-hybridized carbons (Fsp3) is 0.302. The van der Waals surface area contributed by atoms with Crippen LogP contribution in [-0.4, -0.2) is 0 Å². The number of hydrogen-bond donors (Lipinski definition) is 0. The normalized spacial score (nSPS) is 19.2. The molecule has 0 spiro atoms. The van der Waals surface area contributed by atoms with Crippen molar-refractivity contribution in [2.24, 2.45) is 5.92 Å². The second kappa shape index (κ2) is 13.2. The summed E-state index contributed by atoms with van der Waals surface area (Å²) in [6.07, 6.45) is 10.0. The smallest absolute Gasteiger partial charge is 0.0201 e. The minimum Gasteiger partial charge on any atom is -0.0955 e. The molecule has 0 aliphatic heterocycles. The Morgan fingerprint density at radius 1 is 0.907 bits per heavy atom. The molecule has 0 heteroatoms. The van der Waals surface area contributed by atoms with Crippen molar-refractivity contribution in [3.63, 3.8) is 0 Å². The van der Waals surface area contributed by atoms with Gasteiger partial charge in [-0.15, -0.1) is 0 Å². The number of allylic oxidation sites excluding steroid dienone is 8. The van der Waals surface area contributed by atoms with E-state index in [9.17, 15) is 0 Å². The lowest BCUT2D eigenvalue weighted by Crippen LogP contribution is -2.21.